The number of aromatic nitrogens is 1. The Balaban J connectivity index is 1.91. The minimum Gasteiger partial charge on any atom is -0.493 e. The molecule has 0 saturated carbocycles. The van der Waals surface area contributed by atoms with E-state index in [1.54, 1.807) is 50.3 Å². The third-order valence-corrected chi connectivity index (χ3v) is 8.17. The van der Waals surface area contributed by atoms with Gasteiger partial charge in [-0.25, -0.2) is 9.79 Å². The van der Waals surface area contributed by atoms with Crippen LogP contribution < -0.4 is 24.4 Å². The SMILES string of the molecule is CCOc1c(Br)cc(/C=c2\sc3n(c2=O)[C@@H](c2ccc(SC)cc2)C(C(=O)OC(C)C)=C(C)N=3)cc1OC. The van der Waals surface area contributed by atoms with E-state index in [-0.39, 0.29) is 11.7 Å². The zero-order valence-electron chi connectivity index (χ0n) is 22.0. The van der Waals surface area contributed by atoms with Crippen molar-refractivity contribution in [2.75, 3.05) is 20.0 Å². The number of hydrogen-bond acceptors (Lipinski definition) is 8. The van der Waals surface area contributed by atoms with Gasteiger partial charge in [0.1, 0.15) is 0 Å². The van der Waals surface area contributed by atoms with Crippen LogP contribution >= 0.6 is 39.0 Å². The van der Waals surface area contributed by atoms with Gasteiger partial charge in [-0.15, -0.1) is 11.8 Å². The predicted molar refractivity (Wildman–Crippen MR) is 155 cm³/mol. The number of benzene rings is 2. The minimum absolute atomic E-state index is 0.237. The second-order valence-corrected chi connectivity index (χ2v) is 11.5. The standard InChI is InChI=1S/C28H29BrN2O5S2/c1-7-35-25-20(29)12-17(13-21(25)34-5)14-22-26(32)31-24(18-8-10-19(37-6)11-9-18)23(27(33)36-15(2)3)16(4)30-28(31)38-22/h8-15,24H,7H2,1-6H3/b22-14-/t24-/m0/s1. The Hall–Kier alpha value is -2.82. The molecule has 0 aliphatic carbocycles. The number of carbonyl (C=O) groups excluding carboxylic acids is 1. The van der Waals surface area contributed by atoms with Crippen LogP contribution in [-0.2, 0) is 9.53 Å². The molecule has 0 amide bonds. The lowest BCUT2D eigenvalue weighted by molar-refractivity contribution is -0.143. The summed E-state index contributed by atoms with van der Waals surface area (Å²) in [4.78, 5) is 33.4. The molecule has 4 rings (SSSR count). The van der Waals surface area contributed by atoms with Crippen molar-refractivity contribution in [3.8, 4) is 11.5 Å². The van der Waals surface area contributed by atoms with Crippen LogP contribution in [0.1, 0.15) is 44.9 Å². The lowest BCUT2D eigenvalue weighted by atomic mass is 9.96. The summed E-state index contributed by atoms with van der Waals surface area (Å²) in [6.07, 6.45) is 3.49. The summed E-state index contributed by atoms with van der Waals surface area (Å²) >= 11 is 6.45. The van der Waals surface area contributed by atoms with Gasteiger partial charge in [-0.05, 0) is 91.3 Å². The average molecular weight is 618 g/mol. The van der Waals surface area contributed by atoms with Gasteiger partial charge < -0.3 is 14.2 Å². The summed E-state index contributed by atoms with van der Waals surface area (Å²) in [7, 11) is 1.57. The monoisotopic (exact) mass is 616 g/mol. The summed E-state index contributed by atoms with van der Waals surface area (Å²) in [5, 5.41) is 0. The van der Waals surface area contributed by atoms with Crippen LogP contribution in [0.5, 0.6) is 11.5 Å². The molecular formula is C28H29BrN2O5S2. The average Bonchev–Trinajstić information content (AvgIpc) is 3.18. The van der Waals surface area contributed by atoms with E-state index in [1.165, 1.54) is 11.3 Å². The van der Waals surface area contributed by atoms with E-state index in [0.29, 0.717) is 38.7 Å². The van der Waals surface area contributed by atoms with Gasteiger partial charge in [0, 0.05) is 4.90 Å². The first-order chi connectivity index (χ1) is 18.2. The van der Waals surface area contributed by atoms with E-state index in [9.17, 15) is 9.59 Å². The summed E-state index contributed by atoms with van der Waals surface area (Å²) in [6.45, 7) is 7.78. The van der Waals surface area contributed by atoms with Crippen molar-refractivity contribution < 1.29 is 19.0 Å². The summed E-state index contributed by atoms with van der Waals surface area (Å²) in [5.41, 5.74) is 2.23. The van der Waals surface area contributed by atoms with Gasteiger partial charge in [0.05, 0.1) is 46.1 Å². The van der Waals surface area contributed by atoms with Crippen LogP contribution in [0.4, 0.5) is 0 Å². The zero-order valence-corrected chi connectivity index (χ0v) is 25.3. The molecule has 2 aromatic carbocycles. The first kappa shape index (κ1) is 28.2. The number of halogens is 1. The fourth-order valence-corrected chi connectivity index (χ4v) is 6.25. The molecular weight excluding hydrogens is 588 g/mol. The maximum absolute atomic E-state index is 13.9. The van der Waals surface area contributed by atoms with Gasteiger partial charge >= 0.3 is 5.97 Å². The molecule has 2 heterocycles. The van der Waals surface area contributed by atoms with Gasteiger partial charge in [0.2, 0.25) is 0 Å². The lowest BCUT2D eigenvalue weighted by Crippen LogP contribution is -2.40. The molecule has 0 bridgehead atoms. The van der Waals surface area contributed by atoms with Crippen molar-refractivity contribution in [3.05, 3.63) is 83.0 Å². The topological polar surface area (TPSA) is 79.1 Å². The molecule has 1 aromatic heterocycles. The van der Waals surface area contributed by atoms with Crippen molar-refractivity contribution in [3.63, 3.8) is 0 Å². The molecule has 0 radical (unpaired) electrons. The first-order valence-electron chi connectivity index (χ1n) is 12.1. The lowest BCUT2D eigenvalue weighted by Gasteiger charge is -2.25. The summed E-state index contributed by atoms with van der Waals surface area (Å²) in [6, 6.07) is 10.9. The van der Waals surface area contributed by atoms with E-state index >= 15 is 0 Å². The second kappa shape index (κ2) is 11.9. The first-order valence-corrected chi connectivity index (χ1v) is 14.9. The molecule has 0 saturated heterocycles. The number of carbonyl (C=O) groups is 1. The predicted octanol–water partition coefficient (Wildman–Crippen LogP) is 5.08. The highest BCUT2D eigenvalue weighted by molar-refractivity contribution is 9.10. The maximum Gasteiger partial charge on any atom is 0.338 e. The summed E-state index contributed by atoms with van der Waals surface area (Å²) in [5.74, 6) is 0.683. The largest absolute Gasteiger partial charge is 0.493 e. The van der Waals surface area contributed by atoms with Crippen molar-refractivity contribution >= 4 is 51.1 Å². The Kier molecular flexibility index (Phi) is 8.85. The number of allylic oxidation sites excluding steroid dienone is 1. The molecule has 10 heteroatoms. The minimum atomic E-state index is -0.655. The zero-order chi connectivity index (χ0) is 27.6. The molecule has 200 valence electrons. The molecule has 38 heavy (non-hydrogen) atoms. The number of thioether (sulfide) groups is 1. The highest BCUT2D eigenvalue weighted by Crippen LogP contribution is 2.37. The van der Waals surface area contributed by atoms with Crippen LogP contribution in [0.25, 0.3) is 6.08 Å². The number of methoxy groups -OCH3 is 1. The van der Waals surface area contributed by atoms with E-state index in [0.717, 1.165) is 20.5 Å². The number of ether oxygens (including phenoxy) is 3. The molecule has 1 atom stereocenters. The number of esters is 1. The Morgan fingerprint density at radius 1 is 1.26 bits per heavy atom. The van der Waals surface area contributed by atoms with Crippen molar-refractivity contribution in [1.29, 1.82) is 0 Å². The van der Waals surface area contributed by atoms with Crippen LogP contribution in [0, 0.1) is 0 Å². The molecule has 0 unspecified atom stereocenters. The highest BCUT2D eigenvalue weighted by Gasteiger charge is 2.33. The Morgan fingerprint density at radius 3 is 2.58 bits per heavy atom. The number of rotatable bonds is 8. The number of hydrogen-bond donors (Lipinski definition) is 0. The number of nitrogens with zero attached hydrogens (tertiary/aromatic N) is 2. The van der Waals surface area contributed by atoms with Gasteiger partial charge in [0.15, 0.2) is 16.3 Å². The van der Waals surface area contributed by atoms with E-state index in [1.807, 2.05) is 49.6 Å². The van der Waals surface area contributed by atoms with E-state index < -0.39 is 12.0 Å². The Morgan fingerprint density at radius 2 is 1.97 bits per heavy atom. The van der Waals surface area contributed by atoms with Crippen molar-refractivity contribution in [1.82, 2.24) is 4.57 Å². The molecule has 1 aliphatic rings. The van der Waals surface area contributed by atoms with Crippen molar-refractivity contribution in [2.45, 2.75) is 44.7 Å². The van der Waals surface area contributed by atoms with Crippen LogP contribution in [-0.4, -0.2) is 36.6 Å². The third kappa shape index (κ3) is 5.62. The highest BCUT2D eigenvalue weighted by atomic mass is 79.9. The molecule has 0 spiro atoms. The molecule has 0 N–H and O–H groups in total. The number of fused-ring (bicyclic) bond motifs is 1. The van der Waals surface area contributed by atoms with E-state index in [2.05, 4.69) is 20.9 Å². The van der Waals surface area contributed by atoms with Gasteiger partial charge in [0.25, 0.3) is 5.56 Å². The van der Waals surface area contributed by atoms with Gasteiger partial charge in [-0.2, -0.15) is 0 Å². The second-order valence-electron chi connectivity index (χ2n) is 8.78. The smallest absolute Gasteiger partial charge is 0.338 e. The summed E-state index contributed by atoms with van der Waals surface area (Å²) < 4.78 is 19.6. The van der Waals surface area contributed by atoms with Crippen LogP contribution in [0.2, 0.25) is 0 Å². The molecule has 7 nitrogen and oxygen atoms in total. The molecule has 3 aromatic rings. The van der Waals surface area contributed by atoms with Gasteiger partial charge in [-0.1, -0.05) is 23.5 Å². The number of thiazole rings is 1. The van der Waals surface area contributed by atoms with E-state index in [4.69, 9.17) is 14.2 Å². The van der Waals surface area contributed by atoms with Gasteiger partial charge in [-0.3, -0.25) is 9.36 Å². The Bertz CT molecular complexity index is 1570. The normalized spacial score (nSPS) is 15.4. The fraction of sp³-hybridized carbons (Fsp3) is 0.321. The third-order valence-electron chi connectivity index (χ3n) is 5.85. The maximum atomic E-state index is 13.9. The fourth-order valence-electron chi connectivity index (χ4n) is 4.22. The molecule has 0 fully saturated rings. The molecule has 1 aliphatic heterocycles. The quantitative estimate of drug-likeness (QED) is 0.259. The van der Waals surface area contributed by atoms with Crippen LogP contribution in [0.3, 0.4) is 0 Å². The Labute approximate surface area is 238 Å². The van der Waals surface area contributed by atoms with Crippen LogP contribution in [0.15, 0.2) is 66.8 Å². The van der Waals surface area contributed by atoms with Crippen molar-refractivity contribution in [2.24, 2.45) is 4.99 Å².